The molecule has 170 valence electrons. The summed E-state index contributed by atoms with van der Waals surface area (Å²) in [7, 11) is 0. The fourth-order valence-electron chi connectivity index (χ4n) is 3.56. The van der Waals surface area contributed by atoms with E-state index in [9.17, 15) is 4.79 Å². The number of hydrogen-bond donors (Lipinski definition) is 1. The number of nitrogens with one attached hydrogen (secondary N) is 1. The fourth-order valence-corrected chi connectivity index (χ4v) is 5.29. The van der Waals surface area contributed by atoms with Crippen molar-refractivity contribution in [3.8, 4) is 0 Å². The third-order valence-electron chi connectivity index (χ3n) is 5.39. The molecule has 7 heteroatoms. The molecule has 1 N–H and O–H groups in total. The molecule has 0 spiro atoms. The standard InChI is InChI=1S/C26H28N4OS2/c1-2-23(25(31)27-19-21-12-7-4-8-13-21)33-26-29-28-24(18-22-14-9-17-32-22)30(26)16-15-20-10-5-3-6-11-20/h3-14,17,23H,2,15-16,18-19H2,1H3,(H,27,31). The summed E-state index contributed by atoms with van der Waals surface area (Å²) in [5, 5.41) is 14.8. The molecule has 0 fully saturated rings. The Balaban J connectivity index is 1.48. The van der Waals surface area contributed by atoms with E-state index in [1.807, 2.05) is 43.3 Å². The molecule has 2 heterocycles. The number of aryl methyl sites for hydroxylation is 1. The number of aromatic nitrogens is 3. The number of rotatable bonds is 11. The van der Waals surface area contributed by atoms with Crippen molar-refractivity contribution in [2.24, 2.45) is 0 Å². The van der Waals surface area contributed by atoms with E-state index in [0.29, 0.717) is 6.54 Å². The summed E-state index contributed by atoms with van der Waals surface area (Å²) in [5.74, 6) is 0.971. The highest BCUT2D eigenvalue weighted by Gasteiger charge is 2.22. The Morgan fingerprint density at radius 3 is 2.39 bits per heavy atom. The van der Waals surface area contributed by atoms with Crippen molar-refractivity contribution in [3.63, 3.8) is 0 Å². The van der Waals surface area contributed by atoms with E-state index in [2.05, 4.69) is 61.9 Å². The van der Waals surface area contributed by atoms with Crippen LogP contribution in [-0.2, 0) is 30.7 Å². The second-order valence-corrected chi connectivity index (χ2v) is 9.96. The van der Waals surface area contributed by atoms with Crippen LogP contribution in [0, 0.1) is 0 Å². The molecule has 2 aromatic heterocycles. The Kier molecular flexibility index (Phi) is 8.33. The number of amides is 1. The molecule has 5 nitrogen and oxygen atoms in total. The van der Waals surface area contributed by atoms with E-state index < -0.39 is 0 Å². The topological polar surface area (TPSA) is 59.8 Å². The van der Waals surface area contributed by atoms with E-state index in [4.69, 9.17) is 0 Å². The molecule has 0 bridgehead atoms. The molecule has 1 amide bonds. The van der Waals surface area contributed by atoms with E-state index >= 15 is 0 Å². The summed E-state index contributed by atoms with van der Waals surface area (Å²) in [4.78, 5) is 14.2. The van der Waals surface area contributed by atoms with Crippen LogP contribution < -0.4 is 5.32 Å². The summed E-state index contributed by atoms with van der Waals surface area (Å²) in [6.45, 7) is 3.35. The van der Waals surface area contributed by atoms with Gasteiger partial charge in [-0.05, 0) is 35.4 Å². The lowest BCUT2D eigenvalue weighted by atomic mass is 10.1. The summed E-state index contributed by atoms with van der Waals surface area (Å²) < 4.78 is 2.19. The quantitative estimate of drug-likeness (QED) is 0.296. The zero-order chi connectivity index (χ0) is 22.9. The van der Waals surface area contributed by atoms with Crippen LogP contribution in [0.5, 0.6) is 0 Å². The molecule has 0 aliphatic heterocycles. The number of hydrogen-bond acceptors (Lipinski definition) is 5. The van der Waals surface area contributed by atoms with Crippen molar-refractivity contribution in [3.05, 3.63) is 100 Å². The zero-order valence-electron chi connectivity index (χ0n) is 18.7. The first-order valence-corrected chi connectivity index (χ1v) is 13.0. The van der Waals surface area contributed by atoms with Gasteiger partial charge >= 0.3 is 0 Å². The maximum Gasteiger partial charge on any atom is 0.233 e. The van der Waals surface area contributed by atoms with Crippen LogP contribution in [-0.4, -0.2) is 25.9 Å². The number of carbonyl (C=O) groups excluding carboxylic acids is 1. The Labute approximate surface area is 203 Å². The molecular formula is C26H28N4OS2. The number of thioether (sulfide) groups is 1. The minimum absolute atomic E-state index is 0.0313. The summed E-state index contributed by atoms with van der Waals surface area (Å²) in [6, 6.07) is 24.6. The van der Waals surface area contributed by atoms with Gasteiger partial charge in [-0.25, -0.2) is 0 Å². The molecule has 4 aromatic rings. The first kappa shape index (κ1) is 23.3. The molecule has 1 atom stereocenters. The number of benzene rings is 2. The monoisotopic (exact) mass is 476 g/mol. The highest BCUT2D eigenvalue weighted by molar-refractivity contribution is 8.00. The van der Waals surface area contributed by atoms with E-state index in [1.165, 1.54) is 22.2 Å². The molecule has 0 aliphatic rings. The largest absolute Gasteiger partial charge is 0.351 e. The van der Waals surface area contributed by atoms with Crippen LogP contribution in [0.3, 0.4) is 0 Å². The first-order valence-electron chi connectivity index (χ1n) is 11.2. The van der Waals surface area contributed by atoms with Gasteiger partial charge in [-0.2, -0.15) is 0 Å². The lowest BCUT2D eigenvalue weighted by Gasteiger charge is -2.16. The smallest absolute Gasteiger partial charge is 0.233 e. The number of thiophene rings is 1. The Hall–Kier alpha value is -2.90. The second-order valence-electron chi connectivity index (χ2n) is 7.76. The molecule has 0 radical (unpaired) electrons. The Morgan fingerprint density at radius 2 is 1.73 bits per heavy atom. The van der Waals surface area contributed by atoms with Crippen LogP contribution in [0.25, 0.3) is 0 Å². The van der Waals surface area contributed by atoms with Crippen molar-refractivity contribution in [2.45, 2.75) is 49.7 Å². The van der Waals surface area contributed by atoms with Crippen molar-refractivity contribution >= 4 is 29.0 Å². The van der Waals surface area contributed by atoms with Gasteiger partial charge in [-0.1, -0.05) is 85.4 Å². The average Bonchev–Trinajstić information content (AvgIpc) is 3.51. The molecule has 0 saturated heterocycles. The molecule has 1 unspecified atom stereocenters. The van der Waals surface area contributed by atoms with Gasteiger partial charge in [0.25, 0.3) is 0 Å². The second kappa shape index (κ2) is 11.8. The van der Waals surface area contributed by atoms with Crippen LogP contribution in [0.2, 0.25) is 0 Å². The maximum atomic E-state index is 12.9. The summed E-state index contributed by atoms with van der Waals surface area (Å²) >= 11 is 3.23. The molecule has 0 aliphatic carbocycles. The maximum absolute atomic E-state index is 12.9. The predicted molar refractivity (Wildman–Crippen MR) is 136 cm³/mol. The van der Waals surface area contributed by atoms with Crippen LogP contribution >= 0.6 is 23.1 Å². The third-order valence-corrected chi connectivity index (χ3v) is 7.61. The Morgan fingerprint density at radius 1 is 1.00 bits per heavy atom. The van der Waals surface area contributed by atoms with Gasteiger partial charge in [0.1, 0.15) is 5.82 Å². The van der Waals surface area contributed by atoms with Crippen molar-refractivity contribution in [1.82, 2.24) is 20.1 Å². The van der Waals surface area contributed by atoms with Gasteiger partial charge in [0.05, 0.1) is 5.25 Å². The molecular weight excluding hydrogens is 448 g/mol. The summed E-state index contributed by atoms with van der Waals surface area (Å²) in [5.41, 5.74) is 2.37. The predicted octanol–water partition coefficient (Wildman–Crippen LogP) is 5.36. The SMILES string of the molecule is CCC(Sc1nnc(Cc2cccs2)n1CCc1ccccc1)C(=O)NCc1ccccc1. The van der Waals surface area contributed by atoms with Gasteiger partial charge in [0, 0.05) is 24.4 Å². The number of carbonyl (C=O) groups is 1. The fraction of sp³-hybridized carbons (Fsp3) is 0.269. The molecule has 0 saturated carbocycles. The van der Waals surface area contributed by atoms with Crippen molar-refractivity contribution in [1.29, 1.82) is 0 Å². The zero-order valence-corrected chi connectivity index (χ0v) is 20.3. The van der Waals surface area contributed by atoms with E-state index in [-0.39, 0.29) is 11.2 Å². The minimum Gasteiger partial charge on any atom is -0.351 e. The normalized spacial score (nSPS) is 11.9. The van der Waals surface area contributed by atoms with E-state index in [0.717, 1.165) is 42.4 Å². The first-order chi connectivity index (χ1) is 16.2. The molecule has 2 aromatic carbocycles. The van der Waals surface area contributed by atoms with Crippen molar-refractivity contribution in [2.75, 3.05) is 0 Å². The van der Waals surface area contributed by atoms with Crippen LogP contribution in [0.1, 0.15) is 35.2 Å². The lowest BCUT2D eigenvalue weighted by Crippen LogP contribution is -2.32. The highest BCUT2D eigenvalue weighted by atomic mass is 32.2. The Bertz CT molecular complexity index is 1130. The average molecular weight is 477 g/mol. The van der Waals surface area contributed by atoms with Gasteiger partial charge in [-0.3, -0.25) is 4.79 Å². The lowest BCUT2D eigenvalue weighted by molar-refractivity contribution is -0.120. The third kappa shape index (κ3) is 6.55. The summed E-state index contributed by atoms with van der Waals surface area (Å²) in [6.07, 6.45) is 2.36. The minimum atomic E-state index is -0.219. The van der Waals surface area contributed by atoms with Gasteiger partial charge in [0.2, 0.25) is 5.91 Å². The number of nitrogens with zero attached hydrogens (tertiary/aromatic N) is 3. The molecule has 33 heavy (non-hydrogen) atoms. The highest BCUT2D eigenvalue weighted by Crippen LogP contribution is 2.26. The van der Waals surface area contributed by atoms with Crippen LogP contribution in [0.4, 0.5) is 0 Å². The van der Waals surface area contributed by atoms with Gasteiger partial charge in [0.15, 0.2) is 5.16 Å². The van der Waals surface area contributed by atoms with Crippen molar-refractivity contribution < 1.29 is 4.79 Å². The van der Waals surface area contributed by atoms with Gasteiger partial charge < -0.3 is 9.88 Å². The van der Waals surface area contributed by atoms with E-state index in [1.54, 1.807) is 11.3 Å². The molecule has 4 rings (SSSR count). The van der Waals surface area contributed by atoms with Gasteiger partial charge in [-0.15, -0.1) is 21.5 Å². The van der Waals surface area contributed by atoms with Crippen LogP contribution in [0.15, 0.2) is 83.3 Å².